The number of nitrogens with one attached hydrogen (secondary N) is 2. The second kappa shape index (κ2) is 14.5. The van der Waals surface area contributed by atoms with Crippen LogP contribution in [0.1, 0.15) is 63.9 Å². The number of carbonyl (C=O) groups excluding carboxylic acids is 2. The lowest BCUT2D eigenvalue weighted by Crippen LogP contribution is -2.43. The summed E-state index contributed by atoms with van der Waals surface area (Å²) in [6.07, 6.45) is 6.17. The van der Waals surface area contributed by atoms with Crippen LogP contribution in [0.5, 0.6) is 0 Å². The normalized spacial score (nSPS) is 11.5. The summed E-state index contributed by atoms with van der Waals surface area (Å²) in [6.45, 7) is 2.39. The monoisotopic (exact) mass is 392 g/mol. The van der Waals surface area contributed by atoms with E-state index in [4.69, 9.17) is 4.74 Å². The Kier molecular flexibility index (Phi) is 12.1. The maximum atomic E-state index is 11.9. The summed E-state index contributed by atoms with van der Waals surface area (Å²) in [5.41, 5.74) is 0.864. The molecule has 0 radical (unpaired) electrons. The Hall–Kier alpha value is -2.57. The smallest absolute Gasteiger partial charge is 0.407 e. The van der Waals surface area contributed by atoms with E-state index in [-0.39, 0.29) is 25.5 Å². The predicted molar refractivity (Wildman–Crippen MR) is 107 cm³/mol. The van der Waals surface area contributed by atoms with E-state index in [1.807, 2.05) is 30.3 Å². The zero-order chi connectivity index (χ0) is 20.6. The highest BCUT2D eigenvalue weighted by Crippen LogP contribution is 2.07. The number of carboxylic acid groups (broad SMARTS) is 1. The van der Waals surface area contributed by atoms with Crippen molar-refractivity contribution in [2.45, 2.75) is 70.9 Å². The quantitative estimate of drug-likeness (QED) is 0.419. The highest BCUT2D eigenvalue weighted by Gasteiger charge is 2.19. The molecule has 28 heavy (non-hydrogen) atoms. The fourth-order valence-corrected chi connectivity index (χ4v) is 2.68. The number of aliphatic carboxylic acids is 1. The Morgan fingerprint density at radius 1 is 1.04 bits per heavy atom. The molecule has 2 amide bonds. The van der Waals surface area contributed by atoms with Gasteiger partial charge in [0.1, 0.15) is 12.6 Å². The van der Waals surface area contributed by atoms with E-state index < -0.39 is 18.1 Å². The van der Waals surface area contributed by atoms with E-state index in [2.05, 4.69) is 17.6 Å². The Bertz CT molecular complexity index is 592. The third-order valence-corrected chi connectivity index (χ3v) is 4.31. The molecule has 1 atom stereocenters. The minimum absolute atomic E-state index is 0.0952. The van der Waals surface area contributed by atoms with Crippen LogP contribution < -0.4 is 10.6 Å². The van der Waals surface area contributed by atoms with E-state index in [1.54, 1.807) is 0 Å². The third kappa shape index (κ3) is 11.2. The summed E-state index contributed by atoms with van der Waals surface area (Å²) in [7, 11) is 0. The average molecular weight is 392 g/mol. The number of alkyl carbamates (subject to hydrolysis) is 1. The van der Waals surface area contributed by atoms with Gasteiger partial charge in [-0.15, -0.1) is 0 Å². The lowest BCUT2D eigenvalue weighted by molar-refractivity contribution is -0.142. The minimum atomic E-state index is -1.12. The van der Waals surface area contributed by atoms with Crippen molar-refractivity contribution in [3.63, 3.8) is 0 Å². The van der Waals surface area contributed by atoms with Crippen LogP contribution in [0.2, 0.25) is 0 Å². The van der Waals surface area contributed by atoms with Crippen molar-refractivity contribution >= 4 is 18.0 Å². The van der Waals surface area contributed by atoms with Crippen LogP contribution in [-0.4, -0.2) is 35.7 Å². The number of carbonyl (C=O) groups is 3. The van der Waals surface area contributed by atoms with Gasteiger partial charge in [0.15, 0.2) is 0 Å². The minimum Gasteiger partial charge on any atom is -0.480 e. The summed E-state index contributed by atoms with van der Waals surface area (Å²) < 4.78 is 5.06. The van der Waals surface area contributed by atoms with Crippen LogP contribution in [0.25, 0.3) is 0 Å². The van der Waals surface area contributed by atoms with Crippen molar-refractivity contribution in [3.8, 4) is 0 Å². The molecule has 1 aromatic rings. The first-order valence-electron chi connectivity index (χ1n) is 9.99. The van der Waals surface area contributed by atoms with Crippen molar-refractivity contribution < 1.29 is 24.2 Å². The predicted octanol–water partition coefficient (Wildman–Crippen LogP) is 3.62. The zero-order valence-electron chi connectivity index (χ0n) is 16.6. The van der Waals surface area contributed by atoms with Crippen molar-refractivity contribution in [2.75, 3.05) is 6.54 Å². The summed E-state index contributed by atoms with van der Waals surface area (Å²) in [6, 6.07) is 8.22. The Balaban J connectivity index is 2.20. The van der Waals surface area contributed by atoms with Gasteiger partial charge in [-0.05, 0) is 18.4 Å². The van der Waals surface area contributed by atoms with Gasteiger partial charge in [-0.2, -0.15) is 0 Å². The van der Waals surface area contributed by atoms with E-state index in [0.717, 1.165) is 24.8 Å². The summed E-state index contributed by atoms with van der Waals surface area (Å²) in [5.74, 6) is -1.38. The molecule has 0 aliphatic heterocycles. The molecule has 0 spiro atoms. The maximum Gasteiger partial charge on any atom is 0.407 e. The Labute approximate surface area is 166 Å². The van der Waals surface area contributed by atoms with Gasteiger partial charge in [-0.1, -0.05) is 69.4 Å². The molecule has 1 aromatic carbocycles. The van der Waals surface area contributed by atoms with E-state index in [0.29, 0.717) is 6.42 Å². The number of hydrogen-bond acceptors (Lipinski definition) is 4. The van der Waals surface area contributed by atoms with Gasteiger partial charge in [-0.25, -0.2) is 9.59 Å². The zero-order valence-corrected chi connectivity index (χ0v) is 16.6. The first-order valence-corrected chi connectivity index (χ1v) is 9.99. The van der Waals surface area contributed by atoms with E-state index >= 15 is 0 Å². The topological polar surface area (TPSA) is 105 Å². The van der Waals surface area contributed by atoms with Crippen LogP contribution in [-0.2, 0) is 20.9 Å². The van der Waals surface area contributed by atoms with Gasteiger partial charge in [0.2, 0.25) is 5.91 Å². The van der Waals surface area contributed by atoms with Crippen LogP contribution >= 0.6 is 0 Å². The van der Waals surface area contributed by atoms with Crippen molar-refractivity contribution in [2.24, 2.45) is 0 Å². The lowest BCUT2D eigenvalue weighted by Gasteiger charge is -2.15. The first kappa shape index (κ1) is 23.5. The molecule has 7 heteroatoms. The lowest BCUT2D eigenvalue weighted by atomic mass is 10.1. The Morgan fingerprint density at radius 2 is 1.71 bits per heavy atom. The number of carboxylic acids is 1. The van der Waals surface area contributed by atoms with E-state index in [9.17, 15) is 19.5 Å². The number of unbranched alkanes of at least 4 members (excludes halogenated alkanes) is 5. The molecule has 156 valence electrons. The molecule has 0 unspecified atom stereocenters. The molecule has 0 bridgehead atoms. The molecule has 0 aromatic heterocycles. The van der Waals surface area contributed by atoms with Gasteiger partial charge in [0, 0.05) is 13.0 Å². The van der Waals surface area contributed by atoms with E-state index in [1.165, 1.54) is 19.3 Å². The molecule has 0 fully saturated rings. The molecule has 0 aliphatic carbocycles. The van der Waals surface area contributed by atoms with Crippen molar-refractivity contribution in [1.82, 2.24) is 10.6 Å². The maximum absolute atomic E-state index is 11.9. The van der Waals surface area contributed by atoms with Crippen LogP contribution in [0.15, 0.2) is 30.3 Å². The number of ether oxygens (including phenoxy) is 1. The van der Waals surface area contributed by atoms with Crippen LogP contribution in [0.3, 0.4) is 0 Å². The molecule has 7 nitrogen and oxygen atoms in total. The fraction of sp³-hybridized carbons (Fsp3) is 0.571. The van der Waals surface area contributed by atoms with Gasteiger partial charge in [0.05, 0.1) is 0 Å². The summed E-state index contributed by atoms with van der Waals surface area (Å²) in [4.78, 5) is 34.9. The molecule has 0 saturated heterocycles. The summed E-state index contributed by atoms with van der Waals surface area (Å²) >= 11 is 0. The highest BCUT2D eigenvalue weighted by atomic mass is 16.5. The van der Waals surface area contributed by atoms with Gasteiger partial charge in [0.25, 0.3) is 0 Å². The SMILES string of the molecule is CCCCCCCCC(=O)N[C@@H](CCNC(=O)OCc1ccccc1)C(=O)O. The standard InChI is InChI=1S/C21H32N2O5/c1-2-3-4-5-6-10-13-19(24)23-18(20(25)26)14-15-22-21(27)28-16-17-11-8-7-9-12-17/h7-9,11-12,18H,2-6,10,13-16H2,1H3,(H,22,27)(H,23,24)(H,25,26)/t18-/m0/s1. The average Bonchev–Trinajstić information content (AvgIpc) is 2.69. The molecule has 1 rings (SSSR count). The molecule has 0 heterocycles. The fourth-order valence-electron chi connectivity index (χ4n) is 2.68. The van der Waals surface area contributed by atoms with Gasteiger partial charge < -0.3 is 20.5 Å². The number of amides is 2. The number of hydrogen-bond donors (Lipinski definition) is 3. The molecular weight excluding hydrogens is 360 g/mol. The van der Waals surface area contributed by atoms with Crippen LogP contribution in [0.4, 0.5) is 4.79 Å². The largest absolute Gasteiger partial charge is 0.480 e. The molecule has 0 aliphatic rings. The molecule has 3 N–H and O–H groups in total. The van der Waals surface area contributed by atoms with Crippen molar-refractivity contribution in [1.29, 1.82) is 0 Å². The Morgan fingerprint density at radius 3 is 2.39 bits per heavy atom. The second-order valence-corrected chi connectivity index (χ2v) is 6.75. The van der Waals surface area contributed by atoms with Gasteiger partial charge in [-0.3, -0.25) is 4.79 Å². The summed E-state index contributed by atoms with van der Waals surface area (Å²) in [5, 5.41) is 14.3. The molecular formula is C21H32N2O5. The first-order chi connectivity index (χ1) is 13.5. The van der Waals surface area contributed by atoms with Gasteiger partial charge >= 0.3 is 12.1 Å². The number of rotatable bonds is 14. The highest BCUT2D eigenvalue weighted by molar-refractivity contribution is 5.83. The third-order valence-electron chi connectivity index (χ3n) is 4.31. The number of benzene rings is 1. The van der Waals surface area contributed by atoms with Crippen LogP contribution in [0, 0.1) is 0 Å². The second-order valence-electron chi connectivity index (χ2n) is 6.75. The van der Waals surface area contributed by atoms with Crippen molar-refractivity contribution in [3.05, 3.63) is 35.9 Å². The molecule has 0 saturated carbocycles.